The first-order chi connectivity index (χ1) is 6.14. The Kier molecular flexibility index (Phi) is 3.46. The Hall–Kier alpha value is -0.860. The van der Waals surface area contributed by atoms with E-state index in [-0.39, 0.29) is 0 Å². The van der Waals surface area contributed by atoms with E-state index in [1.165, 1.54) is 5.56 Å². The van der Waals surface area contributed by atoms with E-state index in [2.05, 4.69) is 43.7 Å². The molecule has 0 spiro atoms. The minimum absolute atomic E-state index is 0.724. The molecule has 0 heterocycles. The second-order valence-electron chi connectivity index (χ2n) is 3.90. The molecule has 1 rings (SSSR count). The van der Waals surface area contributed by atoms with Crippen LogP contribution in [0.15, 0.2) is 30.3 Å². The molecule has 0 atom stereocenters. The second kappa shape index (κ2) is 4.40. The zero-order valence-corrected chi connectivity index (χ0v) is 9.09. The van der Waals surface area contributed by atoms with Gasteiger partial charge in [-0.3, -0.25) is 0 Å². The fourth-order valence-electron chi connectivity index (χ4n) is 1.32. The molecule has 1 nitrogen and oxygen atoms in total. The fourth-order valence-corrected chi connectivity index (χ4v) is 3.02. The Morgan fingerprint density at radius 3 is 2.38 bits per heavy atom. The molecule has 1 aromatic carbocycles. The van der Waals surface area contributed by atoms with Crippen LogP contribution in [0.2, 0.25) is 0 Å². The molecule has 0 unspecified atom stereocenters. The average Bonchev–Trinajstić information content (AvgIpc) is 2.04. The van der Waals surface area contributed by atoms with Crippen LogP contribution in [0.3, 0.4) is 0 Å². The number of hydrogen-bond acceptors (Lipinski definition) is 1. The van der Waals surface area contributed by atoms with Gasteiger partial charge in [-0.2, -0.15) is 5.26 Å². The summed E-state index contributed by atoms with van der Waals surface area (Å²) in [5, 5.41) is 8.66. The maximum absolute atomic E-state index is 8.66. The molecule has 0 saturated heterocycles. The second-order valence-corrected chi connectivity index (χ2v) is 8.40. The monoisotopic (exact) mass is 192 g/mol. The number of rotatable bonds is 3. The summed E-state index contributed by atoms with van der Waals surface area (Å²) in [6.07, 6.45) is 1.81. The van der Waals surface area contributed by atoms with Crippen LogP contribution >= 0.6 is 7.26 Å². The molecule has 68 valence electrons. The summed E-state index contributed by atoms with van der Waals surface area (Å²) in [6.45, 7) is 4.48. The van der Waals surface area contributed by atoms with Crippen LogP contribution in [0.5, 0.6) is 0 Å². The number of benzene rings is 1. The van der Waals surface area contributed by atoms with Gasteiger partial charge >= 0.3 is 0 Å². The van der Waals surface area contributed by atoms with E-state index in [0.717, 1.165) is 12.3 Å². The van der Waals surface area contributed by atoms with E-state index < -0.39 is 7.26 Å². The SMILES string of the molecule is C[P+](C)(CC#N)Cc1ccccc1. The van der Waals surface area contributed by atoms with E-state index in [9.17, 15) is 0 Å². The highest BCUT2D eigenvalue weighted by atomic mass is 31.2. The molecule has 0 aromatic heterocycles. The Bertz CT molecular complexity index is 298. The smallest absolute Gasteiger partial charge is 0.144 e. The molecule has 0 N–H and O–H groups in total. The van der Waals surface area contributed by atoms with Crippen LogP contribution in [0.4, 0.5) is 0 Å². The molecular formula is C11H15NP+. The molecule has 0 aliphatic carbocycles. The Morgan fingerprint density at radius 2 is 1.85 bits per heavy atom. The number of hydrogen-bond donors (Lipinski definition) is 0. The molecule has 0 amide bonds. The van der Waals surface area contributed by atoms with Gasteiger partial charge in [-0.15, -0.1) is 0 Å². The van der Waals surface area contributed by atoms with Gasteiger partial charge in [-0.1, -0.05) is 30.3 Å². The van der Waals surface area contributed by atoms with Crippen molar-refractivity contribution in [3.8, 4) is 6.07 Å². The van der Waals surface area contributed by atoms with Gasteiger partial charge in [-0.05, 0) is 5.56 Å². The minimum Gasteiger partial charge on any atom is -0.194 e. The molecule has 13 heavy (non-hydrogen) atoms. The van der Waals surface area contributed by atoms with E-state index in [4.69, 9.17) is 5.26 Å². The molecule has 0 bridgehead atoms. The lowest BCUT2D eigenvalue weighted by molar-refractivity contribution is 1.35. The molecule has 1 aromatic rings. The van der Waals surface area contributed by atoms with Gasteiger partial charge in [0, 0.05) is 20.6 Å². The quantitative estimate of drug-likeness (QED) is 0.675. The van der Waals surface area contributed by atoms with Crippen molar-refractivity contribution < 1.29 is 0 Å². The first-order valence-corrected chi connectivity index (χ1v) is 7.42. The predicted molar refractivity (Wildman–Crippen MR) is 59.4 cm³/mol. The third-order valence-corrected chi connectivity index (χ3v) is 4.17. The normalized spacial score (nSPS) is 10.8. The molecular weight excluding hydrogens is 177 g/mol. The zero-order valence-electron chi connectivity index (χ0n) is 8.20. The lowest BCUT2D eigenvalue weighted by Gasteiger charge is -2.13. The summed E-state index contributed by atoms with van der Waals surface area (Å²) in [4.78, 5) is 0. The van der Waals surface area contributed by atoms with Crippen LogP contribution in [-0.4, -0.2) is 19.5 Å². The summed E-state index contributed by atoms with van der Waals surface area (Å²) in [7, 11) is -1.03. The van der Waals surface area contributed by atoms with Crippen molar-refractivity contribution in [1.29, 1.82) is 5.26 Å². The summed E-state index contributed by atoms with van der Waals surface area (Å²) in [5.74, 6) is 0. The van der Waals surface area contributed by atoms with Crippen molar-refractivity contribution in [3.05, 3.63) is 35.9 Å². The number of nitriles is 1. The maximum atomic E-state index is 8.66. The molecule has 0 aliphatic heterocycles. The first-order valence-electron chi connectivity index (χ1n) is 4.37. The standard InChI is InChI=1S/C11H15NP/c1-13(2,9-8-12)10-11-6-4-3-5-7-11/h3-7H,9-10H2,1-2H3/q+1. The Labute approximate surface area is 80.7 Å². The summed E-state index contributed by atoms with van der Waals surface area (Å²) in [6, 6.07) is 12.7. The summed E-state index contributed by atoms with van der Waals surface area (Å²) >= 11 is 0. The maximum Gasteiger partial charge on any atom is 0.144 e. The van der Waals surface area contributed by atoms with Crippen LogP contribution in [-0.2, 0) is 6.16 Å². The van der Waals surface area contributed by atoms with Crippen molar-refractivity contribution >= 4 is 7.26 Å². The fraction of sp³-hybridized carbons (Fsp3) is 0.364. The van der Waals surface area contributed by atoms with Gasteiger partial charge in [0.15, 0.2) is 0 Å². The van der Waals surface area contributed by atoms with E-state index in [0.29, 0.717) is 0 Å². The van der Waals surface area contributed by atoms with Crippen molar-refractivity contribution in [3.63, 3.8) is 0 Å². The van der Waals surface area contributed by atoms with E-state index in [1.54, 1.807) is 0 Å². The van der Waals surface area contributed by atoms with Crippen LogP contribution < -0.4 is 0 Å². The predicted octanol–water partition coefficient (Wildman–Crippen LogP) is 2.99. The highest BCUT2D eigenvalue weighted by Gasteiger charge is 2.24. The van der Waals surface area contributed by atoms with E-state index in [1.807, 2.05) is 6.07 Å². The first kappa shape index (κ1) is 10.2. The van der Waals surface area contributed by atoms with Gasteiger partial charge in [0.2, 0.25) is 0 Å². The topological polar surface area (TPSA) is 23.8 Å². The Balaban J connectivity index is 2.65. The molecule has 0 fully saturated rings. The molecule has 0 aliphatic rings. The van der Waals surface area contributed by atoms with Crippen molar-refractivity contribution in [2.45, 2.75) is 6.16 Å². The molecule has 0 saturated carbocycles. The lowest BCUT2D eigenvalue weighted by atomic mass is 10.2. The third kappa shape index (κ3) is 3.57. The highest BCUT2D eigenvalue weighted by Crippen LogP contribution is 2.53. The zero-order chi connectivity index (χ0) is 9.73. The minimum atomic E-state index is -1.03. The lowest BCUT2D eigenvalue weighted by Crippen LogP contribution is -1.97. The van der Waals surface area contributed by atoms with Crippen molar-refractivity contribution in [2.24, 2.45) is 0 Å². The van der Waals surface area contributed by atoms with Gasteiger partial charge in [0.05, 0.1) is 6.16 Å². The van der Waals surface area contributed by atoms with Gasteiger partial charge < -0.3 is 0 Å². The van der Waals surface area contributed by atoms with Gasteiger partial charge in [-0.25, -0.2) is 0 Å². The van der Waals surface area contributed by atoms with Crippen LogP contribution in [0, 0.1) is 11.3 Å². The molecule has 2 heteroatoms. The van der Waals surface area contributed by atoms with Crippen molar-refractivity contribution in [2.75, 3.05) is 19.5 Å². The molecule has 0 radical (unpaired) electrons. The largest absolute Gasteiger partial charge is 0.194 e. The summed E-state index contributed by atoms with van der Waals surface area (Å²) < 4.78 is 0. The van der Waals surface area contributed by atoms with Crippen molar-refractivity contribution in [1.82, 2.24) is 0 Å². The van der Waals surface area contributed by atoms with E-state index >= 15 is 0 Å². The summed E-state index contributed by atoms with van der Waals surface area (Å²) in [5.41, 5.74) is 1.36. The van der Waals surface area contributed by atoms with Crippen LogP contribution in [0.1, 0.15) is 5.56 Å². The average molecular weight is 192 g/mol. The number of nitrogens with zero attached hydrogens (tertiary/aromatic N) is 1. The van der Waals surface area contributed by atoms with Gasteiger partial charge in [0.25, 0.3) is 0 Å². The Morgan fingerprint density at radius 1 is 1.23 bits per heavy atom. The van der Waals surface area contributed by atoms with Gasteiger partial charge in [0.1, 0.15) is 12.2 Å². The van der Waals surface area contributed by atoms with Crippen LogP contribution in [0.25, 0.3) is 0 Å². The highest BCUT2D eigenvalue weighted by molar-refractivity contribution is 7.73. The third-order valence-electron chi connectivity index (χ3n) is 1.95.